The quantitative estimate of drug-likeness (QED) is 0.624. The van der Waals surface area contributed by atoms with Crippen molar-refractivity contribution in [2.75, 3.05) is 11.9 Å². The van der Waals surface area contributed by atoms with Crippen LogP contribution in [-0.4, -0.2) is 18.8 Å². The number of nitrogens with one attached hydrogen (secondary N) is 1. The number of amides is 1. The van der Waals surface area contributed by atoms with Gasteiger partial charge in [-0.3, -0.25) is 9.59 Å². The maximum atomic E-state index is 12.0. The van der Waals surface area contributed by atoms with Crippen molar-refractivity contribution in [3.63, 3.8) is 0 Å². The zero-order valence-electron chi connectivity index (χ0n) is 14.8. The molecule has 5 nitrogen and oxygen atoms in total. The number of carbonyl (C=O) groups is 2. The summed E-state index contributed by atoms with van der Waals surface area (Å²) in [7, 11) is 0. The molecule has 0 aromatic heterocycles. The second-order valence-corrected chi connectivity index (χ2v) is 5.93. The Morgan fingerprint density at radius 1 is 0.926 bits per heavy atom. The molecule has 0 atom stereocenters. The Morgan fingerprint density at radius 2 is 1.56 bits per heavy atom. The summed E-state index contributed by atoms with van der Waals surface area (Å²) in [6.07, 6.45) is 0.694. The van der Waals surface area contributed by atoms with Gasteiger partial charge < -0.3 is 14.8 Å². The van der Waals surface area contributed by atoms with Crippen LogP contribution < -0.4 is 14.8 Å². The number of para-hydroxylation sites is 1. The van der Waals surface area contributed by atoms with Crippen LogP contribution >= 0.6 is 0 Å². The van der Waals surface area contributed by atoms with E-state index in [1.54, 1.807) is 48.5 Å². The van der Waals surface area contributed by atoms with E-state index in [1.165, 1.54) is 5.56 Å². The van der Waals surface area contributed by atoms with E-state index < -0.39 is 0 Å². The van der Waals surface area contributed by atoms with Gasteiger partial charge in [-0.05, 0) is 55.5 Å². The lowest BCUT2D eigenvalue weighted by Gasteiger charge is -2.10. The van der Waals surface area contributed by atoms with Crippen LogP contribution in [-0.2, 0) is 4.79 Å². The van der Waals surface area contributed by atoms with Gasteiger partial charge in [-0.2, -0.15) is 0 Å². The van der Waals surface area contributed by atoms with Gasteiger partial charge in [0.25, 0.3) is 5.91 Å². The fraction of sp³-hybridized carbons (Fsp3) is 0.0909. The third-order valence-electron chi connectivity index (χ3n) is 3.80. The normalized spacial score (nSPS) is 10.1. The molecule has 0 heterocycles. The van der Waals surface area contributed by atoms with Crippen molar-refractivity contribution in [2.45, 2.75) is 6.92 Å². The number of hydrogen-bond acceptors (Lipinski definition) is 4. The molecule has 3 aromatic rings. The van der Waals surface area contributed by atoms with E-state index in [0.717, 1.165) is 5.75 Å². The molecule has 0 unspecified atom stereocenters. The van der Waals surface area contributed by atoms with Crippen LogP contribution in [0.2, 0.25) is 0 Å². The summed E-state index contributed by atoms with van der Waals surface area (Å²) < 4.78 is 11.2. The van der Waals surface area contributed by atoms with E-state index >= 15 is 0 Å². The van der Waals surface area contributed by atoms with Crippen LogP contribution in [0.25, 0.3) is 0 Å². The number of aryl methyl sites for hydroxylation is 1. The van der Waals surface area contributed by atoms with Gasteiger partial charge in [0, 0.05) is 5.69 Å². The van der Waals surface area contributed by atoms with Gasteiger partial charge in [-0.15, -0.1) is 0 Å². The maximum Gasteiger partial charge on any atom is 0.262 e. The van der Waals surface area contributed by atoms with E-state index in [0.29, 0.717) is 29.0 Å². The van der Waals surface area contributed by atoms with Crippen molar-refractivity contribution < 1.29 is 19.1 Å². The molecule has 3 aromatic carbocycles. The minimum Gasteiger partial charge on any atom is -0.483 e. The number of hydrogen-bond donors (Lipinski definition) is 1. The van der Waals surface area contributed by atoms with Crippen LogP contribution in [0, 0.1) is 6.92 Å². The molecule has 0 saturated heterocycles. The molecule has 0 spiro atoms. The fourth-order valence-electron chi connectivity index (χ4n) is 2.40. The Hall–Kier alpha value is -3.60. The van der Waals surface area contributed by atoms with Crippen molar-refractivity contribution in [3.8, 4) is 17.2 Å². The Labute approximate surface area is 157 Å². The topological polar surface area (TPSA) is 64.6 Å². The molecule has 0 radical (unpaired) electrons. The highest BCUT2D eigenvalue weighted by Gasteiger charge is 2.07. The standard InChI is InChI=1S/C22H19NO4/c1-16-6-10-19(11-7-16)27-20-12-8-18(9-13-20)23-22(25)15-26-21-5-3-2-4-17(21)14-24/h2-14H,15H2,1H3,(H,23,25). The van der Waals surface area contributed by atoms with Gasteiger partial charge in [0.05, 0.1) is 5.56 Å². The van der Waals surface area contributed by atoms with Crippen molar-refractivity contribution in [1.29, 1.82) is 0 Å². The monoisotopic (exact) mass is 361 g/mol. The highest BCUT2D eigenvalue weighted by Crippen LogP contribution is 2.23. The van der Waals surface area contributed by atoms with Crippen molar-refractivity contribution >= 4 is 17.9 Å². The second kappa shape index (κ2) is 8.67. The third-order valence-corrected chi connectivity index (χ3v) is 3.80. The number of aldehydes is 1. The average molecular weight is 361 g/mol. The van der Waals surface area contributed by atoms with Gasteiger partial charge in [-0.1, -0.05) is 29.8 Å². The fourth-order valence-corrected chi connectivity index (χ4v) is 2.40. The Kier molecular flexibility index (Phi) is 5.84. The van der Waals surface area contributed by atoms with Gasteiger partial charge in [-0.25, -0.2) is 0 Å². The zero-order chi connectivity index (χ0) is 19.1. The zero-order valence-corrected chi connectivity index (χ0v) is 14.8. The van der Waals surface area contributed by atoms with E-state index in [2.05, 4.69) is 5.32 Å². The van der Waals surface area contributed by atoms with Crippen molar-refractivity contribution in [3.05, 3.63) is 83.9 Å². The SMILES string of the molecule is Cc1ccc(Oc2ccc(NC(=O)COc3ccccc3C=O)cc2)cc1. The summed E-state index contributed by atoms with van der Waals surface area (Å²) in [6.45, 7) is 1.83. The van der Waals surface area contributed by atoms with E-state index in [9.17, 15) is 9.59 Å². The first kappa shape index (κ1) is 18.2. The van der Waals surface area contributed by atoms with Gasteiger partial charge in [0.2, 0.25) is 0 Å². The maximum absolute atomic E-state index is 12.0. The van der Waals surface area contributed by atoms with Crippen molar-refractivity contribution in [2.24, 2.45) is 0 Å². The highest BCUT2D eigenvalue weighted by atomic mass is 16.5. The summed E-state index contributed by atoms with van der Waals surface area (Å²) in [4.78, 5) is 23.0. The highest BCUT2D eigenvalue weighted by molar-refractivity contribution is 5.92. The summed E-state index contributed by atoms with van der Waals surface area (Å²) in [6, 6.07) is 21.6. The van der Waals surface area contributed by atoms with Crippen molar-refractivity contribution in [1.82, 2.24) is 0 Å². The lowest BCUT2D eigenvalue weighted by Crippen LogP contribution is -2.20. The Balaban J connectivity index is 1.53. The summed E-state index contributed by atoms with van der Waals surface area (Å²) in [5.41, 5.74) is 2.20. The second-order valence-electron chi connectivity index (χ2n) is 5.93. The largest absolute Gasteiger partial charge is 0.483 e. The molecular weight excluding hydrogens is 342 g/mol. The molecule has 1 N–H and O–H groups in total. The summed E-state index contributed by atoms with van der Waals surface area (Å²) in [5, 5.41) is 2.74. The van der Waals surface area contributed by atoms with Crippen LogP contribution in [0.1, 0.15) is 15.9 Å². The van der Waals surface area contributed by atoms with Gasteiger partial charge in [0.15, 0.2) is 12.9 Å². The first-order valence-electron chi connectivity index (χ1n) is 8.45. The lowest BCUT2D eigenvalue weighted by molar-refractivity contribution is -0.118. The molecule has 0 aliphatic rings. The Bertz CT molecular complexity index is 918. The van der Waals surface area contributed by atoms with E-state index in [1.807, 2.05) is 31.2 Å². The molecule has 0 aliphatic carbocycles. The average Bonchev–Trinajstić information content (AvgIpc) is 2.70. The van der Waals surface area contributed by atoms with Gasteiger partial charge in [0.1, 0.15) is 17.2 Å². The molecule has 0 aliphatic heterocycles. The molecule has 27 heavy (non-hydrogen) atoms. The molecule has 136 valence electrons. The van der Waals surface area contributed by atoms with Crippen LogP contribution in [0.15, 0.2) is 72.8 Å². The van der Waals surface area contributed by atoms with Gasteiger partial charge >= 0.3 is 0 Å². The van der Waals surface area contributed by atoms with Crippen LogP contribution in [0.5, 0.6) is 17.2 Å². The van der Waals surface area contributed by atoms with E-state index in [-0.39, 0.29) is 12.5 Å². The smallest absolute Gasteiger partial charge is 0.262 e. The van der Waals surface area contributed by atoms with Crippen LogP contribution in [0.4, 0.5) is 5.69 Å². The molecule has 3 rings (SSSR count). The first-order valence-corrected chi connectivity index (χ1v) is 8.45. The summed E-state index contributed by atoms with van der Waals surface area (Å²) in [5.74, 6) is 1.49. The number of benzene rings is 3. The molecule has 0 saturated carbocycles. The molecule has 0 bridgehead atoms. The number of ether oxygens (including phenoxy) is 2. The predicted octanol–water partition coefficient (Wildman–Crippen LogP) is 4.62. The number of rotatable bonds is 7. The summed E-state index contributed by atoms with van der Waals surface area (Å²) >= 11 is 0. The molecule has 0 fully saturated rings. The lowest BCUT2D eigenvalue weighted by atomic mass is 10.2. The minimum atomic E-state index is -0.317. The van der Waals surface area contributed by atoms with E-state index in [4.69, 9.17) is 9.47 Å². The first-order chi connectivity index (χ1) is 13.1. The third kappa shape index (κ3) is 5.19. The molecular formula is C22H19NO4. The molecule has 5 heteroatoms. The predicted molar refractivity (Wildman–Crippen MR) is 104 cm³/mol. The Morgan fingerprint density at radius 3 is 2.22 bits per heavy atom. The number of anilines is 1. The van der Waals surface area contributed by atoms with Crippen LogP contribution in [0.3, 0.4) is 0 Å². The number of carbonyl (C=O) groups excluding carboxylic acids is 2. The minimum absolute atomic E-state index is 0.188. The molecule has 1 amide bonds.